The van der Waals surface area contributed by atoms with Crippen molar-refractivity contribution in [2.75, 3.05) is 19.6 Å². The molecular formula is C30H56N12O6. The molecule has 0 spiro atoms. The van der Waals surface area contributed by atoms with E-state index < -0.39 is 59.8 Å². The van der Waals surface area contributed by atoms with Crippen molar-refractivity contribution < 1.29 is 29.1 Å². The van der Waals surface area contributed by atoms with E-state index in [2.05, 4.69) is 36.2 Å². The van der Waals surface area contributed by atoms with Crippen LogP contribution in [-0.2, 0) is 30.4 Å². The second-order valence-electron chi connectivity index (χ2n) is 12.1. The Kier molecular flexibility index (Phi) is 20.1. The molecule has 0 radical (unpaired) electrons. The number of nitrogens with zero attached hydrogens (tertiary/aromatic N) is 2. The highest BCUT2D eigenvalue weighted by Crippen LogP contribution is 2.10. The van der Waals surface area contributed by atoms with Crippen molar-refractivity contribution in [3.8, 4) is 0 Å². The maximum absolute atomic E-state index is 13.7. The minimum absolute atomic E-state index is 0.00624. The number of imidazole rings is 1. The number of hydrogen-bond donors (Lipinski definition) is 11. The van der Waals surface area contributed by atoms with Gasteiger partial charge in [0.05, 0.1) is 12.4 Å². The van der Waals surface area contributed by atoms with Gasteiger partial charge in [-0.25, -0.2) is 9.78 Å². The van der Waals surface area contributed by atoms with Crippen LogP contribution in [-0.4, -0.2) is 100 Å². The molecule has 0 aliphatic heterocycles. The van der Waals surface area contributed by atoms with Gasteiger partial charge in [0.2, 0.25) is 23.6 Å². The summed E-state index contributed by atoms with van der Waals surface area (Å²) in [6.45, 7) is 4.68. The molecule has 272 valence electrons. The number of aromatic nitrogens is 2. The first-order valence-electron chi connectivity index (χ1n) is 16.4. The second kappa shape index (κ2) is 23.1. The summed E-state index contributed by atoms with van der Waals surface area (Å²) in [5.41, 5.74) is 28.6. The summed E-state index contributed by atoms with van der Waals surface area (Å²) >= 11 is 0. The Labute approximate surface area is 281 Å². The van der Waals surface area contributed by atoms with Crippen LogP contribution in [0, 0.1) is 5.92 Å². The maximum Gasteiger partial charge on any atom is 0.326 e. The third kappa shape index (κ3) is 17.0. The summed E-state index contributed by atoms with van der Waals surface area (Å²) in [7, 11) is 0. The fourth-order valence-corrected chi connectivity index (χ4v) is 4.79. The molecule has 48 heavy (non-hydrogen) atoms. The van der Waals surface area contributed by atoms with Crippen LogP contribution in [0.3, 0.4) is 0 Å². The number of aliphatic imine (C=N–C) groups is 1. The van der Waals surface area contributed by atoms with Gasteiger partial charge in [0.1, 0.15) is 24.2 Å². The first-order chi connectivity index (χ1) is 22.8. The Morgan fingerprint density at radius 1 is 0.792 bits per heavy atom. The van der Waals surface area contributed by atoms with Crippen LogP contribution >= 0.6 is 0 Å². The molecule has 0 saturated carbocycles. The number of carbonyl (C=O) groups is 5. The van der Waals surface area contributed by atoms with E-state index in [9.17, 15) is 29.1 Å². The molecule has 1 rings (SSSR count). The molecule has 18 nitrogen and oxygen atoms in total. The highest BCUT2D eigenvalue weighted by atomic mass is 16.4. The lowest BCUT2D eigenvalue weighted by molar-refractivity contribution is -0.142. The Morgan fingerprint density at radius 3 is 1.77 bits per heavy atom. The highest BCUT2D eigenvalue weighted by Gasteiger charge is 2.32. The molecule has 0 unspecified atom stereocenters. The van der Waals surface area contributed by atoms with Gasteiger partial charge >= 0.3 is 5.97 Å². The number of unbranched alkanes of at least 4 members (excludes halogenated alkanes) is 2. The molecule has 1 aromatic heterocycles. The number of guanidine groups is 1. The topological polar surface area (TPSA) is 325 Å². The molecule has 16 N–H and O–H groups in total. The van der Waals surface area contributed by atoms with Gasteiger partial charge < -0.3 is 60.0 Å². The Morgan fingerprint density at radius 2 is 1.31 bits per heavy atom. The summed E-state index contributed by atoms with van der Waals surface area (Å²) in [5, 5.41) is 20.3. The zero-order chi connectivity index (χ0) is 36.1. The molecule has 0 bridgehead atoms. The van der Waals surface area contributed by atoms with E-state index in [0.717, 1.165) is 0 Å². The van der Waals surface area contributed by atoms with Gasteiger partial charge in [-0.2, -0.15) is 0 Å². The lowest BCUT2D eigenvalue weighted by Crippen LogP contribution is -2.58. The number of aromatic amines is 1. The molecule has 18 heteroatoms. The molecule has 1 heterocycles. The zero-order valence-corrected chi connectivity index (χ0v) is 28.1. The molecule has 0 aliphatic carbocycles. The Balaban J connectivity index is 3.17. The van der Waals surface area contributed by atoms with E-state index in [0.29, 0.717) is 50.9 Å². The van der Waals surface area contributed by atoms with Crippen LogP contribution in [0.15, 0.2) is 17.5 Å². The number of aliphatic carboxylic acids is 1. The standard InChI is InChI=1S/C30H56N12O6/c1-18(2)14-24(29(47)48)42-27(45)22(10-4-6-12-32)39-26(44)21(9-3-5-11-31)40-28(46)23(15-19-16-36-17-38-19)41-25(43)20(33)8-7-13-37-30(34)35/h16-18,20-24H,3-15,31-33H2,1-2H3,(H,36,38)(H,39,44)(H,40,46)(H,41,43)(H,42,45)(H,47,48)(H4,34,35,37)/t20-,21-,22-,23-,24-/m0/s1. The molecule has 0 saturated heterocycles. The van der Waals surface area contributed by atoms with Crippen molar-refractivity contribution in [1.29, 1.82) is 0 Å². The van der Waals surface area contributed by atoms with Crippen LogP contribution in [0.2, 0.25) is 0 Å². The fraction of sp³-hybridized carbons (Fsp3) is 0.700. The first-order valence-corrected chi connectivity index (χ1v) is 16.4. The Hall–Kier alpha value is -4.29. The third-order valence-corrected chi connectivity index (χ3v) is 7.40. The van der Waals surface area contributed by atoms with Crippen molar-refractivity contribution in [3.63, 3.8) is 0 Å². The van der Waals surface area contributed by atoms with Gasteiger partial charge in [0.15, 0.2) is 5.96 Å². The first kappa shape index (κ1) is 41.7. The average Bonchev–Trinajstić information content (AvgIpc) is 3.54. The highest BCUT2D eigenvalue weighted by molar-refractivity contribution is 5.95. The van der Waals surface area contributed by atoms with Gasteiger partial charge in [-0.15, -0.1) is 0 Å². The molecule has 5 atom stereocenters. The predicted molar refractivity (Wildman–Crippen MR) is 181 cm³/mol. The van der Waals surface area contributed by atoms with E-state index in [1.54, 1.807) is 0 Å². The van der Waals surface area contributed by atoms with Crippen molar-refractivity contribution in [2.45, 2.75) is 108 Å². The summed E-state index contributed by atoms with van der Waals surface area (Å²) in [4.78, 5) is 76.1. The van der Waals surface area contributed by atoms with Crippen LogP contribution in [0.4, 0.5) is 0 Å². The fourth-order valence-electron chi connectivity index (χ4n) is 4.79. The molecule has 0 aliphatic rings. The second-order valence-corrected chi connectivity index (χ2v) is 12.1. The van der Waals surface area contributed by atoms with E-state index in [1.165, 1.54) is 12.5 Å². The Bertz CT molecular complexity index is 1160. The summed E-state index contributed by atoms with van der Waals surface area (Å²) in [5.74, 6) is -3.82. The smallest absolute Gasteiger partial charge is 0.326 e. The molecule has 0 fully saturated rings. The molecule has 1 aromatic rings. The number of carbonyl (C=O) groups excluding carboxylic acids is 4. The van der Waals surface area contributed by atoms with Crippen LogP contribution < -0.4 is 49.9 Å². The minimum atomic E-state index is -1.19. The number of carboxylic acid groups (broad SMARTS) is 1. The normalized spacial score (nSPS) is 14.2. The van der Waals surface area contributed by atoms with E-state index in [4.69, 9.17) is 28.7 Å². The molecular weight excluding hydrogens is 624 g/mol. The maximum atomic E-state index is 13.7. The summed E-state index contributed by atoms with van der Waals surface area (Å²) in [6, 6.07) is -5.42. The summed E-state index contributed by atoms with van der Waals surface area (Å²) < 4.78 is 0. The SMILES string of the molecule is CC(C)C[C@H](NC(=O)[C@H](CCCCN)NC(=O)[C@H](CCCCN)NC(=O)[C@H](Cc1cnc[nH]1)NC(=O)[C@@H](N)CCCN=C(N)N)C(=O)O. The van der Waals surface area contributed by atoms with Crippen molar-refractivity contribution in [3.05, 3.63) is 18.2 Å². The number of amides is 4. The van der Waals surface area contributed by atoms with Gasteiger partial charge in [0, 0.05) is 24.9 Å². The van der Waals surface area contributed by atoms with E-state index in [-0.39, 0.29) is 50.5 Å². The average molecular weight is 681 g/mol. The van der Waals surface area contributed by atoms with E-state index in [1.807, 2.05) is 13.8 Å². The third-order valence-electron chi connectivity index (χ3n) is 7.40. The van der Waals surface area contributed by atoms with Crippen LogP contribution in [0.25, 0.3) is 0 Å². The van der Waals surface area contributed by atoms with Gasteiger partial charge in [0.25, 0.3) is 0 Å². The van der Waals surface area contributed by atoms with Gasteiger partial charge in [-0.05, 0) is 76.8 Å². The van der Waals surface area contributed by atoms with Gasteiger partial charge in [-0.1, -0.05) is 13.8 Å². The number of rotatable bonds is 25. The summed E-state index contributed by atoms with van der Waals surface area (Å²) in [6.07, 6.45) is 6.33. The van der Waals surface area contributed by atoms with Crippen molar-refractivity contribution >= 4 is 35.6 Å². The van der Waals surface area contributed by atoms with Crippen molar-refractivity contribution in [2.24, 2.45) is 39.6 Å². The van der Waals surface area contributed by atoms with Gasteiger partial charge in [-0.3, -0.25) is 24.2 Å². The predicted octanol–water partition coefficient (Wildman–Crippen LogP) is -2.34. The number of H-pyrrole nitrogens is 1. The monoisotopic (exact) mass is 680 g/mol. The minimum Gasteiger partial charge on any atom is -0.480 e. The van der Waals surface area contributed by atoms with Crippen molar-refractivity contribution in [1.82, 2.24) is 31.2 Å². The number of nitrogens with two attached hydrogens (primary N) is 5. The quantitative estimate of drug-likeness (QED) is 0.0294. The van der Waals surface area contributed by atoms with Crippen LogP contribution in [0.5, 0.6) is 0 Å². The number of hydrogen-bond acceptors (Lipinski definition) is 10. The number of nitrogens with one attached hydrogen (secondary N) is 5. The van der Waals surface area contributed by atoms with E-state index >= 15 is 0 Å². The lowest BCUT2D eigenvalue weighted by atomic mass is 10.0. The molecule has 0 aromatic carbocycles. The number of carboxylic acids is 1. The molecule has 4 amide bonds. The largest absolute Gasteiger partial charge is 0.480 e. The lowest BCUT2D eigenvalue weighted by Gasteiger charge is -2.27. The zero-order valence-electron chi connectivity index (χ0n) is 28.1. The van der Waals surface area contributed by atoms with Crippen LogP contribution in [0.1, 0.15) is 77.3 Å².